The van der Waals surface area contributed by atoms with Crippen LogP contribution in [-0.2, 0) is 4.74 Å². The molecule has 18 heavy (non-hydrogen) atoms. The molecule has 0 saturated heterocycles. The van der Waals surface area contributed by atoms with Crippen molar-refractivity contribution < 1.29 is 9.47 Å². The van der Waals surface area contributed by atoms with Crippen molar-refractivity contribution in [3.63, 3.8) is 0 Å². The Labute approximate surface area is 109 Å². The van der Waals surface area contributed by atoms with Crippen molar-refractivity contribution in [3.05, 3.63) is 18.2 Å². The van der Waals surface area contributed by atoms with E-state index in [-0.39, 0.29) is 6.10 Å². The Bertz CT molecular complexity index is 367. The number of nitrogen functional groups attached to an aromatic ring is 1. The van der Waals surface area contributed by atoms with E-state index in [1.807, 2.05) is 32.0 Å². The molecule has 0 heterocycles. The molecule has 1 rings (SSSR count). The molecule has 0 spiro atoms. The second-order valence-electron chi connectivity index (χ2n) is 4.62. The summed E-state index contributed by atoms with van der Waals surface area (Å²) in [5, 5.41) is 3.41. The average molecular weight is 252 g/mol. The lowest BCUT2D eigenvalue weighted by Crippen LogP contribution is -2.23. The van der Waals surface area contributed by atoms with E-state index in [0.717, 1.165) is 17.9 Å². The van der Waals surface area contributed by atoms with Crippen LogP contribution < -0.4 is 15.8 Å². The predicted octanol–water partition coefficient (Wildman–Crippen LogP) is 2.89. The number of ether oxygens (including phenoxy) is 2. The van der Waals surface area contributed by atoms with Gasteiger partial charge >= 0.3 is 0 Å². The Hall–Kier alpha value is -1.42. The highest BCUT2D eigenvalue weighted by Gasteiger charge is 2.08. The van der Waals surface area contributed by atoms with Crippen LogP contribution >= 0.6 is 0 Å². The number of nitrogens with one attached hydrogen (secondary N) is 1. The van der Waals surface area contributed by atoms with Crippen molar-refractivity contribution >= 4 is 11.4 Å². The Morgan fingerprint density at radius 3 is 2.61 bits per heavy atom. The maximum atomic E-state index is 5.88. The van der Waals surface area contributed by atoms with Crippen LogP contribution in [0.25, 0.3) is 0 Å². The van der Waals surface area contributed by atoms with E-state index in [0.29, 0.717) is 18.3 Å². The number of hydrogen-bond donors (Lipinski definition) is 2. The summed E-state index contributed by atoms with van der Waals surface area (Å²) in [5.41, 5.74) is 7.55. The standard InChI is InChI=1S/C14H24N2O2/c1-5-11(9-17-4)16-12-6-7-13(15)14(8-12)18-10(2)3/h6-8,10-11,16H,5,9,15H2,1-4H3. The van der Waals surface area contributed by atoms with Crippen molar-refractivity contribution in [1.29, 1.82) is 0 Å². The molecule has 0 radical (unpaired) electrons. The van der Waals surface area contributed by atoms with Crippen LogP contribution in [0.2, 0.25) is 0 Å². The molecule has 0 fully saturated rings. The Morgan fingerprint density at radius 2 is 2.06 bits per heavy atom. The maximum Gasteiger partial charge on any atom is 0.144 e. The van der Waals surface area contributed by atoms with Gasteiger partial charge in [-0.2, -0.15) is 0 Å². The highest BCUT2D eigenvalue weighted by Crippen LogP contribution is 2.27. The van der Waals surface area contributed by atoms with Gasteiger partial charge in [-0.15, -0.1) is 0 Å². The quantitative estimate of drug-likeness (QED) is 0.733. The van der Waals surface area contributed by atoms with Gasteiger partial charge in [-0.25, -0.2) is 0 Å². The van der Waals surface area contributed by atoms with Crippen LogP contribution in [0, 0.1) is 0 Å². The number of methoxy groups -OCH3 is 1. The third-order valence-electron chi connectivity index (χ3n) is 2.61. The Balaban J connectivity index is 2.77. The summed E-state index contributed by atoms with van der Waals surface area (Å²) in [6.07, 6.45) is 1.11. The van der Waals surface area contributed by atoms with Gasteiger partial charge in [0.2, 0.25) is 0 Å². The molecule has 4 nitrogen and oxygen atoms in total. The first-order valence-corrected chi connectivity index (χ1v) is 6.38. The Kier molecular flexibility index (Phi) is 5.78. The van der Waals surface area contributed by atoms with Crippen LogP contribution in [0.4, 0.5) is 11.4 Å². The molecule has 0 aliphatic carbocycles. The molecular weight excluding hydrogens is 228 g/mol. The van der Waals surface area contributed by atoms with Gasteiger partial charge in [0, 0.05) is 24.9 Å². The van der Waals surface area contributed by atoms with Gasteiger partial charge in [-0.1, -0.05) is 6.92 Å². The number of rotatable bonds is 7. The summed E-state index contributed by atoms with van der Waals surface area (Å²) in [6, 6.07) is 6.05. The second kappa shape index (κ2) is 7.11. The summed E-state index contributed by atoms with van der Waals surface area (Å²) < 4.78 is 10.8. The van der Waals surface area contributed by atoms with Gasteiger partial charge in [0.1, 0.15) is 5.75 Å². The summed E-state index contributed by atoms with van der Waals surface area (Å²) in [6.45, 7) is 6.78. The van der Waals surface area contributed by atoms with Gasteiger partial charge in [0.25, 0.3) is 0 Å². The van der Waals surface area contributed by atoms with Crippen LogP contribution in [0.1, 0.15) is 27.2 Å². The molecule has 1 atom stereocenters. The summed E-state index contributed by atoms with van der Waals surface area (Å²) in [7, 11) is 1.71. The fourth-order valence-electron chi connectivity index (χ4n) is 1.68. The zero-order valence-corrected chi connectivity index (χ0v) is 11.7. The predicted molar refractivity (Wildman–Crippen MR) is 76.2 cm³/mol. The fraction of sp³-hybridized carbons (Fsp3) is 0.571. The lowest BCUT2D eigenvalue weighted by Gasteiger charge is -2.19. The smallest absolute Gasteiger partial charge is 0.144 e. The topological polar surface area (TPSA) is 56.5 Å². The summed E-state index contributed by atoms with van der Waals surface area (Å²) in [5.74, 6) is 0.724. The average Bonchev–Trinajstić information content (AvgIpc) is 2.32. The fourth-order valence-corrected chi connectivity index (χ4v) is 1.68. The largest absolute Gasteiger partial charge is 0.489 e. The van der Waals surface area contributed by atoms with Crippen LogP contribution in [-0.4, -0.2) is 25.9 Å². The van der Waals surface area contributed by atoms with Crippen molar-refractivity contribution in [2.75, 3.05) is 24.8 Å². The van der Waals surface area contributed by atoms with Crippen molar-refractivity contribution in [2.45, 2.75) is 39.3 Å². The van der Waals surface area contributed by atoms with Crippen molar-refractivity contribution in [1.82, 2.24) is 0 Å². The molecule has 0 aliphatic rings. The first-order valence-electron chi connectivity index (χ1n) is 6.38. The first kappa shape index (κ1) is 14.6. The van der Waals surface area contributed by atoms with E-state index >= 15 is 0 Å². The van der Waals surface area contributed by atoms with E-state index < -0.39 is 0 Å². The third-order valence-corrected chi connectivity index (χ3v) is 2.61. The molecule has 0 aliphatic heterocycles. The van der Waals surface area contributed by atoms with Gasteiger partial charge in [0.15, 0.2) is 0 Å². The molecule has 1 aromatic carbocycles. The molecule has 3 N–H and O–H groups in total. The van der Waals surface area contributed by atoms with Gasteiger partial charge in [0.05, 0.1) is 18.4 Å². The number of nitrogens with two attached hydrogens (primary N) is 1. The normalized spacial score (nSPS) is 12.5. The van der Waals surface area contributed by atoms with Crippen LogP contribution in [0.15, 0.2) is 18.2 Å². The molecular formula is C14H24N2O2. The highest BCUT2D eigenvalue weighted by molar-refractivity contribution is 5.61. The maximum absolute atomic E-state index is 5.88. The zero-order chi connectivity index (χ0) is 13.5. The Morgan fingerprint density at radius 1 is 1.33 bits per heavy atom. The minimum atomic E-state index is 0.114. The summed E-state index contributed by atoms with van der Waals surface area (Å²) >= 11 is 0. The van der Waals surface area contributed by atoms with Crippen LogP contribution in [0.3, 0.4) is 0 Å². The number of anilines is 2. The monoisotopic (exact) mass is 252 g/mol. The summed E-state index contributed by atoms with van der Waals surface area (Å²) in [4.78, 5) is 0. The minimum Gasteiger partial charge on any atom is -0.489 e. The molecule has 102 valence electrons. The number of benzene rings is 1. The van der Waals surface area contributed by atoms with E-state index in [1.165, 1.54) is 0 Å². The second-order valence-corrected chi connectivity index (χ2v) is 4.62. The van der Waals surface area contributed by atoms with E-state index in [9.17, 15) is 0 Å². The zero-order valence-electron chi connectivity index (χ0n) is 11.7. The number of hydrogen-bond acceptors (Lipinski definition) is 4. The lowest BCUT2D eigenvalue weighted by molar-refractivity contribution is 0.184. The van der Waals surface area contributed by atoms with E-state index in [2.05, 4.69) is 12.2 Å². The van der Waals surface area contributed by atoms with Gasteiger partial charge in [-0.05, 0) is 32.4 Å². The SMILES string of the molecule is CCC(COC)Nc1ccc(N)c(OC(C)C)c1. The molecule has 0 aromatic heterocycles. The van der Waals surface area contributed by atoms with Crippen molar-refractivity contribution in [3.8, 4) is 5.75 Å². The lowest BCUT2D eigenvalue weighted by atomic mass is 10.2. The molecule has 4 heteroatoms. The molecule has 0 saturated carbocycles. The van der Waals surface area contributed by atoms with E-state index in [1.54, 1.807) is 7.11 Å². The first-order chi connectivity index (χ1) is 8.56. The third kappa shape index (κ3) is 4.45. The molecule has 0 amide bonds. The van der Waals surface area contributed by atoms with Gasteiger partial charge in [-0.3, -0.25) is 0 Å². The minimum absolute atomic E-state index is 0.114. The van der Waals surface area contributed by atoms with Crippen molar-refractivity contribution in [2.24, 2.45) is 0 Å². The highest BCUT2D eigenvalue weighted by atomic mass is 16.5. The molecule has 1 aromatic rings. The van der Waals surface area contributed by atoms with Gasteiger partial charge < -0.3 is 20.5 Å². The molecule has 1 unspecified atom stereocenters. The van der Waals surface area contributed by atoms with E-state index in [4.69, 9.17) is 15.2 Å². The molecule has 0 bridgehead atoms. The van der Waals surface area contributed by atoms with Crippen LogP contribution in [0.5, 0.6) is 5.75 Å².